The summed E-state index contributed by atoms with van der Waals surface area (Å²) in [7, 11) is 0. The second-order valence-corrected chi connectivity index (χ2v) is 6.67. The van der Waals surface area contributed by atoms with Crippen LogP contribution in [0.25, 0.3) is 28.2 Å². The summed E-state index contributed by atoms with van der Waals surface area (Å²) in [6.07, 6.45) is 2.99. The van der Waals surface area contributed by atoms with Crippen molar-refractivity contribution in [2.75, 3.05) is 6.54 Å². The van der Waals surface area contributed by atoms with Gasteiger partial charge in [0.1, 0.15) is 23.5 Å². The highest BCUT2D eigenvalue weighted by Gasteiger charge is 2.25. The molecule has 2 heterocycles. The number of H-pyrrole nitrogens is 1. The minimum absolute atomic E-state index is 0.0213. The Balaban J connectivity index is 1.76. The number of nitrogens with one attached hydrogen (secondary N) is 3. The van der Waals surface area contributed by atoms with Crippen LogP contribution in [0.1, 0.15) is 12.0 Å². The van der Waals surface area contributed by atoms with Crippen LogP contribution in [0.2, 0.25) is 0 Å². The van der Waals surface area contributed by atoms with Crippen molar-refractivity contribution in [1.29, 1.82) is 0 Å². The number of fused-ring (bicyclic) bond motifs is 1. The van der Waals surface area contributed by atoms with Gasteiger partial charge in [0.2, 0.25) is 11.8 Å². The molecule has 0 spiro atoms. The largest absolute Gasteiger partial charge is 0.354 e. The quantitative estimate of drug-likeness (QED) is 0.589. The van der Waals surface area contributed by atoms with E-state index in [0.29, 0.717) is 24.2 Å². The second-order valence-electron chi connectivity index (χ2n) is 6.67. The molecule has 3 N–H and O–H groups in total. The number of carbonyl (C=O) groups excluding carboxylic acids is 2. The Labute approximate surface area is 163 Å². The fraction of sp³-hybridized carbons (Fsp3) is 0.143. The van der Waals surface area contributed by atoms with Crippen LogP contribution in [0.15, 0.2) is 42.5 Å². The fourth-order valence-corrected chi connectivity index (χ4v) is 3.38. The average Bonchev–Trinajstić information content (AvgIpc) is 3.28. The highest BCUT2D eigenvalue weighted by atomic mass is 19.1. The first-order chi connectivity index (χ1) is 13.9. The average molecular weight is 399 g/mol. The van der Waals surface area contributed by atoms with Gasteiger partial charge >= 0.3 is 0 Å². The SMILES string of the molecule is O=C(/C=C/c1c(-c2ccc(F)cc2)[nH]c2c(F)ccc(F)c12)NC1CCNC1=O. The van der Waals surface area contributed by atoms with Gasteiger partial charge in [-0.15, -0.1) is 0 Å². The molecule has 0 saturated carbocycles. The molecule has 0 aliphatic carbocycles. The van der Waals surface area contributed by atoms with Crippen LogP contribution in [-0.2, 0) is 9.59 Å². The summed E-state index contributed by atoms with van der Waals surface area (Å²) in [6.45, 7) is 0.481. The van der Waals surface area contributed by atoms with Gasteiger partial charge in [0.15, 0.2) is 0 Å². The van der Waals surface area contributed by atoms with Gasteiger partial charge in [0, 0.05) is 23.6 Å². The van der Waals surface area contributed by atoms with Crippen molar-refractivity contribution < 1.29 is 22.8 Å². The molecule has 3 aromatic rings. The van der Waals surface area contributed by atoms with Gasteiger partial charge in [-0.05, 0) is 54.5 Å². The van der Waals surface area contributed by atoms with E-state index in [0.717, 1.165) is 18.2 Å². The van der Waals surface area contributed by atoms with Crippen molar-refractivity contribution >= 4 is 28.8 Å². The van der Waals surface area contributed by atoms with Crippen LogP contribution >= 0.6 is 0 Å². The van der Waals surface area contributed by atoms with Gasteiger partial charge in [-0.25, -0.2) is 13.2 Å². The maximum atomic E-state index is 14.5. The summed E-state index contributed by atoms with van der Waals surface area (Å²) in [5.74, 6) is -2.58. The molecule has 29 heavy (non-hydrogen) atoms. The number of halogens is 3. The van der Waals surface area contributed by atoms with E-state index in [-0.39, 0.29) is 22.4 Å². The van der Waals surface area contributed by atoms with Crippen LogP contribution in [0, 0.1) is 17.5 Å². The van der Waals surface area contributed by atoms with E-state index in [4.69, 9.17) is 0 Å². The maximum absolute atomic E-state index is 14.5. The standard InChI is InChI=1S/C21H16F3N3O2/c22-12-3-1-11(2-4-12)19-13(18-14(23)6-7-15(24)20(18)27-19)5-8-17(28)26-16-9-10-25-21(16)29/h1-8,16,27H,9-10H2,(H,25,29)(H,26,28)/b8-5+. The van der Waals surface area contributed by atoms with Crippen LogP contribution in [0.3, 0.4) is 0 Å². The Bertz CT molecular complexity index is 1140. The molecule has 1 aliphatic rings. The third-order valence-electron chi connectivity index (χ3n) is 4.79. The number of aromatic amines is 1. The van der Waals surface area contributed by atoms with E-state index >= 15 is 0 Å². The molecule has 148 valence electrons. The van der Waals surface area contributed by atoms with E-state index in [1.54, 1.807) is 0 Å². The van der Waals surface area contributed by atoms with Crippen LogP contribution in [-0.4, -0.2) is 29.4 Å². The lowest BCUT2D eigenvalue weighted by Gasteiger charge is -2.07. The van der Waals surface area contributed by atoms with E-state index in [2.05, 4.69) is 15.6 Å². The molecule has 1 aromatic heterocycles. The zero-order valence-electron chi connectivity index (χ0n) is 15.1. The van der Waals surface area contributed by atoms with E-state index in [1.807, 2.05) is 0 Å². The lowest BCUT2D eigenvalue weighted by atomic mass is 10.0. The maximum Gasteiger partial charge on any atom is 0.244 e. The van der Waals surface area contributed by atoms with Crippen molar-refractivity contribution in [3.05, 3.63) is 65.5 Å². The van der Waals surface area contributed by atoms with Crippen molar-refractivity contribution in [2.24, 2.45) is 0 Å². The summed E-state index contributed by atoms with van der Waals surface area (Å²) in [5, 5.41) is 5.16. The molecule has 8 heteroatoms. The normalized spacial score (nSPS) is 16.5. The Morgan fingerprint density at radius 1 is 1.07 bits per heavy atom. The van der Waals surface area contributed by atoms with Gasteiger partial charge in [0.05, 0.1) is 11.2 Å². The molecule has 0 radical (unpaired) electrons. The molecular formula is C21H16F3N3O2. The number of rotatable bonds is 4. The number of aromatic nitrogens is 1. The van der Waals surface area contributed by atoms with Crippen LogP contribution < -0.4 is 10.6 Å². The Morgan fingerprint density at radius 3 is 2.48 bits per heavy atom. The first kappa shape index (κ1) is 18.8. The first-order valence-electron chi connectivity index (χ1n) is 8.96. The van der Waals surface area contributed by atoms with Crippen molar-refractivity contribution in [3.8, 4) is 11.3 Å². The molecule has 0 bridgehead atoms. The Morgan fingerprint density at radius 2 is 1.79 bits per heavy atom. The summed E-state index contributed by atoms with van der Waals surface area (Å²) in [5.41, 5.74) is 1.03. The number of hydrogen-bond donors (Lipinski definition) is 3. The Hall–Kier alpha value is -3.55. The minimum Gasteiger partial charge on any atom is -0.354 e. The molecule has 1 fully saturated rings. The van der Waals surface area contributed by atoms with Gasteiger partial charge in [-0.1, -0.05) is 0 Å². The second kappa shape index (κ2) is 7.46. The Kier molecular flexibility index (Phi) is 4.84. The molecule has 1 aliphatic heterocycles. The van der Waals surface area contributed by atoms with Gasteiger partial charge in [-0.3, -0.25) is 9.59 Å². The third-order valence-corrected chi connectivity index (χ3v) is 4.79. The fourth-order valence-electron chi connectivity index (χ4n) is 3.38. The third kappa shape index (κ3) is 3.61. The lowest BCUT2D eigenvalue weighted by Crippen LogP contribution is -2.39. The highest BCUT2D eigenvalue weighted by molar-refractivity contribution is 6.02. The van der Waals surface area contributed by atoms with Crippen molar-refractivity contribution in [2.45, 2.75) is 12.5 Å². The molecule has 5 nitrogen and oxygen atoms in total. The predicted molar refractivity (Wildman–Crippen MR) is 102 cm³/mol. The van der Waals surface area contributed by atoms with E-state index in [1.165, 1.54) is 30.3 Å². The van der Waals surface area contributed by atoms with Crippen molar-refractivity contribution in [1.82, 2.24) is 15.6 Å². The molecule has 1 saturated heterocycles. The predicted octanol–water partition coefficient (Wildman–Crippen LogP) is 3.27. The topological polar surface area (TPSA) is 74.0 Å². The zero-order valence-corrected chi connectivity index (χ0v) is 15.1. The number of amides is 2. The van der Waals surface area contributed by atoms with Crippen LogP contribution in [0.4, 0.5) is 13.2 Å². The number of hydrogen-bond acceptors (Lipinski definition) is 2. The van der Waals surface area contributed by atoms with E-state index in [9.17, 15) is 22.8 Å². The molecule has 2 amide bonds. The van der Waals surface area contributed by atoms with Gasteiger partial charge < -0.3 is 15.6 Å². The monoisotopic (exact) mass is 399 g/mol. The molecule has 1 atom stereocenters. The van der Waals surface area contributed by atoms with Gasteiger partial charge in [0.25, 0.3) is 0 Å². The zero-order chi connectivity index (χ0) is 20.5. The minimum atomic E-state index is -0.666. The number of carbonyl (C=O) groups is 2. The summed E-state index contributed by atoms with van der Waals surface area (Å²) < 4.78 is 42.0. The lowest BCUT2D eigenvalue weighted by molar-refractivity contribution is -0.125. The molecule has 4 rings (SSSR count). The number of benzene rings is 2. The highest BCUT2D eigenvalue weighted by Crippen LogP contribution is 2.34. The molecule has 2 aromatic carbocycles. The summed E-state index contributed by atoms with van der Waals surface area (Å²) in [4.78, 5) is 26.6. The van der Waals surface area contributed by atoms with Crippen LogP contribution in [0.5, 0.6) is 0 Å². The first-order valence-corrected chi connectivity index (χ1v) is 8.96. The molecule has 1 unspecified atom stereocenters. The molecular weight excluding hydrogens is 383 g/mol. The summed E-state index contributed by atoms with van der Waals surface area (Å²) >= 11 is 0. The van der Waals surface area contributed by atoms with Gasteiger partial charge in [-0.2, -0.15) is 0 Å². The summed E-state index contributed by atoms with van der Waals surface area (Å²) in [6, 6.07) is 6.77. The smallest absolute Gasteiger partial charge is 0.244 e. The van der Waals surface area contributed by atoms with Crippen molar-refractivity contribution in [3.63, 3.8) is 0 Å². The van der Waals surface area contributed by atoms with E-state index < -0.39 is 29.4 Å².